The Morgan fingerprint density at radius 3 is 2.80 bits per heavy atom. The van der Waals surface area contributed by atoms with Gasteiger partial charge in [0.2, 0.25) is 11.9 Å². The molecule has 2 rings (SSSR count). The van der Waals surface area contributed by atoms with Crippen LogP contribution >= 0.6 is 0 Å². The molecule has 0 spiro atoms. The van der Waals surface area contributed by atoms with E-state index in [-0.39, 0.29) is 12.1 Å². The second-order valence-corrected chi connectivity index (χ2v) is 3.91. The number of nitrogen functional groups attached to an aromatic ring is 1. The maximum Gasteiger partial charge on any atom is 0.243 e. The van der Waals surface area contributed by atoms with Crippen molar-refractivity contribution < 1.29 is 5.11 Å². The lowest BCUT2D eigenvalue weighted by Crippen LogP contribution is -2.29. The predicted octanol–water partition coefficient (Wildman–Crippen LogP) is 0.378. The van der Waals surface area contributed by atoms with E-state index in [0.717, 1.165) is 25.7 Å². The van der Waals surface area contributed by atoms with E-state index in [2.05, 4.69) is 15.4 Å². The first-order chi connectivity index (χ1) is 7.22. The van der Waals surface area contributed by atoms with Crippen LogP contribution in [0.1, 0.15) is 31.7 Å². The van der Waals surface area contributed by atoms with Gasteiger partial charge in [-0.15, -0.1) is 5.10 Å². The minimum atomic E-state index is -0.354. The molecular formula is C9H17N5O. The van der Waals surface area contributed by atoms with Gasteiger partial charge in [-0.1, -0.05) is 12.8 Å². The van der Waals surface area contributed by atoms with Crippen LogP contribution in [0.3, 0.4) is 0 Å². The molecule has 6 heteroatoms. The van der Waals surface area contributed by atoms with Gasteiger partial charge < -0.3 is 16.2 Å². The monoisotopic (exact) mass is 211 g/mol. The fourth-order valence-corrected chi connectivity index (χ4v) is 2.06. The minimum absolute atomic E-state index is 0.0200. The van der Waals surface area contributed by atoms with Crippen molar-refractivity contribution in [2.75, 3.05) is 18.1 Å². The Kier molecular flexibility index (Phi) is 2.77. The van der Waals surface area contributed by atoms with Crippen LogP contribution in [0.25, 0.3) is 0 Å². The molecule has 0 aromatic carbocycles. The zero-order valence-corrected chi connectivity index (χ0v) is 8.85. The van der Waals surface area contributed by atoms with Crippen LogP contribution in [0.5, 0.6) is 0 Å². The summed E-state index contributed by atoms with van der Waals surface area (Å²) in [6, 6.07) is -0.0200. The molecule has 6 nitrogen and oxygen atoms in total. The van der Waals surface area contributed by atoms with Crippen LogP contribution in [0, 0.1) is 0 Å². The summed E-state index contributed by atoms with van der Waals surface area (Å²) < 4.78 is 1.63. The molecule has 2 unspecified atom stereocenters. The van der Waals surface area contributed by atoms with Crippen molar-refractivity contribution in [2.45, 2.75) is 37.8 Å². The van der Waals surface area contributed by atoms with E-state index in [9.17, 15) is 5.11 Å². The van der Waals surface area contributed by atoms with Crippen molar-refractivity contribution in [1.82, 2.24) is 14.8 Å². The van der Waals surface area contributed by atoms with E-state index in [1.165, 1.54) is 0 Å². The molecule has 1 aliphatic carbocycles. The first-order valence-electron chi connectivity index (χ1n) is 5.30. The van der Waals surface area contributed by atoms with Gasteiger partial charge in [-0.25, -0.2) is 4.68 Å². The van der Waals surface area contributed by atoms with Crippen molar-refractivity contribution in [3.8, 4) is 0 Å². The van der Waals surface area contributed by atoms with E-state index in [1.54, 1.807) is 11.7 Å². The number of hydrogen-bond donors (Lipinski definition) is 3. The quantitative estimate of drug-likeness (QED) is 0.658. The first kappa shape index (κ1) is 10.2. The van der Waals surface area contributed by atoms with E-state index >= 15 is 0 Å². The molecule has 4 N–H and O–H groups in total. The van der Waals surface area contributed by atoms with Gasteiger partial charge in [-0.2, -0.15) is 4.98 Å². The standard InChI is InChI=1S/C9H17N5O/c1-11-9-12-8(10)14(13-9)6-4-2-3-5-7(6)15/h6-7,15H,2-5H2,1H3,(H3,10,11,12,13). The molecule has 0 bridgehead atoms. The summed E-state index contributed by atoms with van der Waals surface area (Å²) in [7, 11) is 1.75. The highest BCUT2D eigenvalue weighted by molar-refractivity contribution is 5.31. The molecule has 0 saturated heterocycles. The zero-order chi connectivity index (χ0) is 10.8. The molecule has 15 heavy (non-hydrogen) atoms. The predicted molar refractivity (Wildman–Crippen MR) is 57.5 cm³/mol. The normalized spacial score (nSPS) is 26.5. The van der Waals surface area contributed by atoms with Gasteiger partial charge in [-0.05, 0) is 12.8 Å². The van der Waals surface area contributed by atoms with Crippen LogP contribution in [0.4, 0.5) is 11.9 Å². The second-order valence-electron chi connectivity index (χ2n) is 3.91. The third kappa shape index (κ3) is 1.90. The summed E-state index contributed by atoms with van der Waals surface area (Å²) in [6.07, 6.45) is 3.56. The fourth-order valence-electron chi connectivity index (χ4n) is 2.06. The summed E-state index contributed by atoms with van der Waals surface area (Å²) >= 11 is 0. The highest BCUT2D eigenvalue weighted by Crippen LogP contribution is 2.29. The van der Waals surface area contributed by atoms with Crippen LogP contribution in [0.15, 0.2) is 0 Å². The summed E-state index contributed by atoms with van der Waals surface area (Å²) in [5, 5.41) is 16.9. The fraction of sp³-hybridized carbons (Fsp3) is 0.778. The summed E-state index contributed by atoms with van der Waals surface area (Å²) in [5.74, 6) is 0.871. The van der Waals surface area contributed by atoms with Crippen molar-refractivity contribution in [3.63, 3.8) is 0 Å². The Morgan fingerprint density at radius 2 is 2.20 bits per heavy atom. The SMILES string of the molecule is CNc1nc(N)n(C2CCCCC2O)n1. The number of rotatable bonds is 2. The van der Waals surface area contributed by atoms with Crippen LogP contribution in [0.2, 0.25) is 0 Å². The molecule has 84 valence electrons. The number of aromatic nitrogens is 3. The summed E-state index contributed by atoms with van der Waals surface area (Å²) in [5.41, 5.74) is 5.75. The smallest absolute Gasteiger partial charge is 0.243 e. The van der Waals surface area contributed by atoms with E-state index in [4.69, 9.17) is 5.73 Å². The minimum Gasteiger partial charge on any atom is -0.391 e. The van der Waals surface area contributed by atoms with Gasteiger partial charge in [0.1, 0.15) is 0 Å². The van der Waals surface area contributed by atoms with Crippen molar-refractivity contribution >= 4 is 11.9 Å². The van der Waals surface area contributed by atoms with Gasteiger partial charge in [0.25, 0.3) is 0 Å². The van der Waals surface area contributed by atoms with Gasteiger partial charge >= 0.3 is 0 Å². The van der Waals surface area contributed by atoms with Crippen LogP contribution in [-0.2, 0) is 0 Å². The lowest BCUT2D eigenvalue weighted by Gasteiger charge is -2.27. The summed E-state index contributed by atoms with van der Waals surface area (Å²) in [4.78, 5) is 4.05. The molecule has 1 heterocycles. The molecule has 0 radical (unpaired) electrons. The molecule has 0 aliphatic heterocycles. The number of anilines is 2. The van der Waals surface area contributed by atoms with Crippen molar-refractivity contribution in [1.29, 1.82) is 0 Å². The third-order valence-corrected chi connectivity index (χ3v) is 2.89. The number of hydrogen-bond acceptors (Lipinski definition) is 5. The molecular weight excluding hydrogens is 194 g/mol. The zero-order valence-electron chi connectivity index (χ0n) is 8.85. The molecule has 1 aliphatic rings. The van der Waals surface area contributed by atoms with Crippen LogP contribution < -0.4 is 11.1 Å². The maximum atomic E-state index is 9.86. The molecule has 1 aromatic rings. The van der Waals surface area contributed by atoms with E-state index in [1.807, 2.05) is 0 Å². The van der Waals surface area contributed by atoms with Crippen molar-refractivity contribution in [2.24, 2.45) is 0 Å². The molecule has 1 fully saturated rings. The largest absolute Gasteiger partial charge is 0.391 e. The number of nitrogens with one attached hydrogen (secondary N) is 1. The number of nitrogens with two attached hydrogens (primary N) is 1. The van der Waals surface area contributed by atoms with Crippen molar-refractivity contribution in [3.05, 3.63) is 0 Å². The molecule has 2 atom stereocenters. The molecule has 0 amide bonds. The lowest BCUT2D eigenvalue weighted by molar-refractivity contribution is 0.0706. The Morgan fingerprint density at radius 1 is 1.47 bits per heavy atom. The molecule has 1 saturated carbocycles. The first-order valence-corrected chi connectivity index (χ1v) is 5.30. The average molecular weight is 211 g/mol. The Bertz CT molecular complexity index is 337. The number of aliphatic hydroxyl groups excluding tert-OH is 1. The maximum absolute atomic E-state index is 9.86. The number of aliphatic hydroxyl groups is 1. The van der Waals surface area contributed by atoms with Crippen LogP contribution in [-0.4, -0.2) is 33.0 Å². The average Bonchev–Trinajstić information content (AvgIpc) is 2.60. The highest BCUT2D eigenvalue weighted by Gasteiger charge is 2.27. The van der Waals surface area contributed by atoms with E-state index in [0.29, 0.717) is 11.9 Å². The van der Waals surface area contributed by atoms with E-state index < -0.39 is 0 Å². The number of nitrogens with zero attached hydrogens (tertiary/aromatic N) is 3. The van der Waals surface area contributed by atoms with Gasteiger partial charge in [0, 0.05) is 7.05 Å². The Hall–Kier alpha value is -1.30. The third-order valence-electron chi connectivity index (χ3n) is 2.89. The highest BCUT2D eigenvalue weighted by atomic mass is 16.3. The second kappa shape index (κ2) is 4.06. The Balaban J connectivity index is 2.23. The Labute approximate surface area is 88.5 Å². The molecule has 1 aromatic heterocycles. The topological polar surface area (TPSA) is 89.0 Å². The lowest BCUT2D eigenvalue weighted by atomic mass is 9.93. The van der Waals surface area contributed by atoms with Gasteiger partial charge in [-0.3, -0.25) is 0 Å². The van der Waals surface area contributed by atoms with Gasteiger partial charge in [0.05, 0.1) is 12.1 Å². The van der Waals surface area contributed by atoms with Gasteiger partial charge in [0.15, 0.2) is 0 Å². The summed E-state index contributed by atoms with van der Waals surface area (Å²) in [6.45, 7) is 0.